The van der Waals surface area contributed by atoms with E-state index in [0.717, 1.165) is 17.2 Å². The average Bonchev–Trinajstić information content (AvgIpc) is 2.62. The van der Waals surface area contributed by atoms with Crippen LogP contribution in [-0.4, -0.2) is 6.04 Å². The first kappa shape index (κ1) is 11.0. The summed E-state index contributed by atoms with van der Waals surface area (Å²) in [7, 11) is 0. The number of para-hydroxylation sites is 1. The molecule has 0 spiro atoms. The fourth-order valence-electron chi connectivity index (χ4n) is 2.47. The first-order valence-electron chi connectivity index (χ1n) is 5.98. The second kappa shape index (κ2) is 4.57. The van der Waals surface area contributed by atoms with E-state index in [0.29, 0.717) is 12.0 Å². The van der Waals surface area contributed by atoms with Crippen LogP contribution in [0.25, 0.3) is 0 Å². The summed E-state index contributed by atoms with van der Waals surface area (Å²) in [6.45, 7) is 4.60. The molecule has 0 bridgehead atoms. The maximum absolute atomic E-state index is 9.02. The van der Waals surface area contributed by atoms with Crippen LogP contribution in [-0.2, 0) is 0 Å². The van der Waals surface area contributed by atoms with Crippen molar-refractivity contribution in [2.45, 2.75) is 32.7 Å². The van der Waals surface area contributed by atoms with Gasteiger partial charge in [-0.15, -0.1) is 0 Å². The van der Waals surface area contributed by atoms with E-state index in [1.807, 2.05) is 24.3 Å². The second-order valence-electron chi connectivity index (χ2n) is 4.82. The van der Waals surface area contributed by atoms with Crippen LogP contribution < -0.4 is 5.32 Å². The summed E-state index contributed by atoms with van der Waals surface area (Å²) in [5.74, 6) is 1.47. The van der Waals surface area contributed by atoms with Crippen molar-refractivity contribution >= 4 is 5.69 Å². The number of hydrogen-bond acceptors (Lipinski definition) is 2. The van der Waals surface area contributed by atoms with Crippen molar-refractivity contribution in [3.63, 3.8) is 0 Å². The maximum Gasteiger partial charge on any atom is 0.101 e. The Bertz CT molecular complexity index is 405. The summed E-state index contributed by atoms with van der Waals surface area (Å²) in [5, 5.41) is 12.5. The molecule has 0 heterocycles. The third-order valence-electron chi connectivity index (χ3n) is 3.85. The number of rotatable bonds is 2. The molecule has 0 aliphatic heterocycles. The minimum absolute atomic E-state index is 0.518. The van der Waals surface area contributed by atoms with Crippen LogP contribution in [0.4, 0.5) is 5.69 Å². The Kier molecular flexibility index (Phi) is 3.14. The smallest absolute Gasteiger partial charge is 0.101 e. The van der Waals surface area contributed by atoms with Crippen molar-refractivity contribution < 1.29 is 0 Å². The molecule has 1 aromatic rings. The van der Waals surface area contributed by atoms with Crippen molar-refractivity contribution in [2.24, 2.45) is 11.8 Å². The van der Waals surface area contributed by atoms with Gasteiger partial charge in [0.1, 0.15) is 6.07 Å². The normalized spacial score (nSPS) is 28.7. The standard InChI is InChI=1S/C14H18N2/c1-10-7-8-13(11(10)2)16-14-6-4-3-5-12(14)9-15/h3-6,10-11,13,16H,7-8H2,1-2H3. The van der Waals surface area contributed by atoms with E-state index in [2.05, 4.69) is 25.2 Å². The number of hydrogen-bond donors (Lipinski definition) is 1. The Labute approximate surface area is 97.3 Å². The number of nitrogens with zero attached hydrogens (tertiary/aromatic N) is 1. The molecule has 3 atom stereocenters. The molecule has 1 aliphatic rings. The average molecular weight is 214 g/mol. The summed E-state index contributed by atoms with van der Waals surface area (Å²) in [4.78, 5) is 0. The second-order valence-corrected chi connectivity index (χ2v) is 4.82. The molecule has 84 valence electrons. The molecular formula is C14H18N2. The van der Waals surface area contributed by atoms with E-state index in [1.54, 1.807) is 0 Å². The van der Waals surface area contributed by atoms with E-state index < -0.39 is 0 Å². The third-order valence-corrected chi connectivity index (χ3v) is 3.85. The number of benzene rings is 1. The molecule has 1 saturated carbocycles. The van der Waals surface area contributed by atoms with Crippen LogP contribution in [0, 0.1) is 23.2 Å². The zero-order chi connectivity index (χ0) is 11.5. The van der Waals surface area contributed by atoms with Gasteiger partial charge in [-0.25, -0.2) is 0 Å². The molecule has 1 fully saturated rings. The van der Waals surface area contributed by atoms with Gasteiger partial charge in [0.2, 0.25) is 0 Å². The highest BCUT2D eigenvalue weighted by molar-refractivity contribution is 5.57. The summed E-state index contributed by atoms with van der Waals surface area (Å²) < 4.78 is 0. The predicted molar refractivity (Wildman–Crippen MR) is 66.1 cm³/mol. The van der Waals surface area contributed by atoms with Gasteiger partial charge in [-0.05, 0) is 36.8 Å². The molecule has 1 aromatic carbocycles. The number of anilines is 1. The number of nitriles is 1. The fraction of sp³-hybridized carbons (Fsp3) is 0.500. The summed E-state index contributed by atoms with van der Waals surface area (Å²) in [6, 6.07) is 10.5. The van der Waals surface area contributed by atoms with Gasteiger partial charge in [0, 0.05) is 6.04 Å². The molecular weight excluding hydrogens is 196 g/mol. The SMILES string of the molecule is CC1CCC(Nc2ccccc2C#N)C1C. The van der Waals surface area contributed by atoms with Crippen LogP contribution in [0.3, 0.4) is 0 Å². The molecule has 1 aliphatic carbocycles. The molecule has 2 nitrogen and oxygen atoms in total. The van der Waals surface area contributed by atoms with Crippen LogP contribution in [0.15, 0.2) is 24.3 Å². The van der Waals surface area contributed by atoms with Gasteiger partial charge < -0.3 is 5.32 Å². The summed E-state index contributed by atoms with van der Waals surface area (Å²) in [5.41, 5.74) is 1.73. The lowest BCUT2D eigenvalue weighted by Gasteiger charge is -2.21. The van der Waals surface area contributed by atoms with Crippen molar-refractivity contribution in [3.05, 3.63) is 29.8 Å². The minimum Gasteiger partial charge on any atom is -0.381 e. The van der Waals surface area contributed by atoms with E-state index >= 15 is 0 Å². The first-order chi connectivity index (χ1) is 7.72. The largest absolute Gasteiger partial charge is 0.381 e. The lowest BCUT2D eigenvalue weighted by atomic mass is 9.97. The van der Waals surface area contributed by atoms with Gasteiger partial charge in [-0.1, -0.05) is 26.0 Å². The lowest BCUT2D eigenvalue weighted by Crippen LogP contribution is -2.24. The van der Waals surface area contributed by atoms with E-state index in [1.165, 1.54) is 12.8 Å². The Balaban J connectivity index is 2.13. The van der Waals surface area contributed by atoms with Crippen LogP contribution in [0.2, 0.25) is 0 Å². The van der Waals surface area contributed by atoms with Crippen LogP contribution in [0.1, 0.15) is 32.3 Å². The van der Waals surface area contributed by atoms with Gasteiger partial charge in [0.15, 0.2) is 0 Å². The van der Waals surface area contributed by atoms with Crippen molar-refractivity contribution in [1.29, 1.82) is 5.26 Å². The predicted octanol–water partition coefficient (Wildman–Crippen LogP) is 3.40. The van der Waals surface area contributed by atoms with Gasteiger partial charge in [0.25, 0.3) is 0 Å². The van der Waals surface area contributed by atoms with E-state index in [9.17, 15) is 0 Å². The molecule has 2 rings (SSSR count). The zero-order valence-corrected chi connectivity index (χ0v) is 9.90. The topological polar surface area (TPSA) is 35.8 Å². The highest BCUT2D eigenvalue weighted by atomic mass is 14.9. The van der Waals surface area contributed by atoms with Crippen LogP contribution in [0.5, 0.6) is 0 Å². The van der Waals surface area contributed by atoms with Crippen molar-refractivity contribution in [1.82, 2.24) is 0 Å². The third kappa shape index (κ3) is 2.04. The highest BCUT2D eigenvalue weighted by Crippen LogP contribution is 2.33. The lowest BCUT2D eigenvalue weighted by molar-refractivity contribution is 0.435. The maximum atomic E-state index is 9.02. The summed E-state index contributed by atoms with van der Waals surface area (Å²) >= 11 is 0. The molecule has 16 heavy (non-hydrogen) atoms. The van der Waals surface area contributed by atoms with Crippen molar-refractivity contribution in [2.75, 3.05) is 5.32 Å². The Morgan fingerprint density at radius 3 is 2.62 bits per heavy atom. The number of nitrogens with one attached hydrogen (secondary N) is 1. The van der Waals surface area contributed by atoms with Crippen molar-refractivity contribution in [3.8, 4) is 6.07 Å². The molecule has 3 unspecified atom stereocenters. The first-order valence-corrected chi connectivity index (χ1v) is 5.98. The zero-order valence-electron chi connectivity index (χ0n) is 9.90. The summed E-state index contributed by atoms with van der Waals surface area (Å²) in [6.07, 6.45) is 2.50. The molecule has 0 saturated heterocycles. The monoisotopic (exact) mass is 214 g/mol. The molecule has 0 radical (unpaired) electrons. The molecule has 0 aromatic heterocycles. The quantitative estimate of drug-likeness (QED) is 0.819. The van der Waals surface area contributed by atoms with E-state index in [4.69, 9.17) is 5.26 Å². The Morgan fingerprint density at radius 1 is 1.25 bits per heavy atom. The Morgan fingerprint density at radius 2 is 2.00 bits per heavy atom. The highest BCUT2D eigenvalue weighted by Gasteiger charge is 2.29. The molecule has 1 N–H and O–H groups in total. The van der Waals surface area contributed by atoms with Crippen LogP contribution >= 0.6 is 0 Å². The van der Waals surface area contributed by atoms with Gasteiger partial charge in [0.05, 0.1) is 11.3 Å². The molecule has 0 amide bonds. The van der Waals surface area contributed by atoms with Gasteiger partial charge >= 0.3 is 0 Å². The van der Waals surface area contributed by atoms with Gasteiger partial charge in [-0.3, -0.25) is 0 Å². The van der Waals surface area contributed by atoms with E-state index in [-0.39, 0.29) is 0 Å². The minimum atomic E-state index is 0.518. The molecule has 2 heteroatoms. The Hall–Kier alpha value is -1.49. The fourth-order valence-corrected chi connectivity index (χ4v) is 2.47. The van der Waals surface area contributed by atoms with Gasteiger partial charge in [-0.2, -0.15) is 5.26 Å².